The van der Waals surface area contributed by atoms with Crippen LogP contribution in [0, 0.1) is 43.4 Å². The van der Waals surface area contributed by atoms with Crippen molar-refractivity contribution in [3.8, 4) is 0 Å². The normalized spacial score (nSPS) is 23.7. The van der Waals surface area contributed by atoms with Crippen molar-refractivity contribution in [3.63, 3.8) is 0 Å². The third-order valence-electron chi connectivity index (χ3n) is 6.49. The SMILES string of the molecule is CCOC(=O)OCOC(=O)[C@@H]1[C@H](CSc2ccc(C)c(C)c2)C[C@H]2[C@H](C(=O)OCOC(=O)OCC)[C@H]21. The van der Waals surface area contributed by atoms with Gasteiger partial charge in [0.15, 0.2) is 0 Å². The van der Waals surface area contributed by atoms with Gasteiger partial charge in [-0.25, -0.2) is 9.59 Å². The number of esters is 2. The first-order valence-corrected chi connectivity index (χ1v) is 12.9. The Labute approximate surface area is 214 Å². The van der Waals surface area contributed by atoms with Crippen LogP contribution in [0.3, 0.4) is 0 Å². The minimum absolute atomic E-state index is 0.0264. The van der Waals surface area contributed by atoms with Crippen LogP contribution in [0.25, 0.3) is 0 Å². The number of rotatable bonds is 11. The van der Waals surface area contributed by atoms with Crippen molar-refractivity contribution in [1.29, 1.82) is 0 Å². The van der Waals surface area contributed by atoms with Gasteiger partial charge in [0.25, 0.3) is 0 Å². The molecule has 0 bridgehead atoms. The lowest BCUT2D eigenvalue weighted by atomic mass is 9.90. The summed E-state index contributed by atoms with van der Waals surface area (Å²) in [6, 6.07) is 6.22. The molecular weight excluding hydrogens is 492 g/mol. The molecule has 198 valence electrons. The summed E-state index contributed by atoms with van der Waals surface area (Å²) in [5.74, 6) is -1.74. The molecule has 0 unspecified atom stereocenters. The Bertz CT molecular complexity index is 964. The quantitative estimate of drug-likeness (QED) is 0.179. The summed E-state index contributed by atoms with van der Waals surface area (Å²) < 4.78 is 29.0. The predicted octanol–water partition coefficient (Wildman–Crippen LogP) is 4.24. The van der Waals surface area contributed by atoms with Crippen molar-refractivity contribution in [2.45, 2.75) is 39.0 Å². The molecule has 11 heteroatoms. The minimum Gasteiger partial charge on any atom is -0.435 e. The van der Waals surface area contributed by atoms with Crippen molar-refractivity contribution in [2.75, 3.05) is 32.6 Å². The largest absolute Gasteiger partial charge is 0.511 e. The summed E-state index contributed by atoms with van der Waals surface area (Å²) in [5, 5.41) is 0. The maximum Gasteiger partial charge on any atom is 0.511 e. The van der Waals surface area contributed by atoms with Gasteiger partial charge in [-0.05, 0) is 75.1 Å². The molecule has 0 saturated heterocycles. The molecule has 2 aliphatic carbocycles. The average molecular weight is 525 g/mol. The van der Waals surface area contributed by atoms with E-state index in [2.05, 4.69) is 35.5 Å². The van der Waals surface area contributed by atoms with Crippen molar-refractivity contribution < 1.29 is 47.6 Å². The summed E-state index contributed by atoms with van der Waals surface area (Å²) in [7, 11) is 0. The van der Waals surface area contributed by atoms with Gasteiger partial charge in [-0.2, -0.15) is 0 Å². The van der Waals surface area contributed by atoms with E-state index in [0.717, 1.165) is 4.90 Å². The minimum atomic E-state index is -0.925. The lowest BCUT2D eigenvalue weighted by molar-refractivity contribution is -0.161. The highest BCUT2D eigenvalue weighted by Crippen LogP contribution is 2.64. The molecule has 0 heterocycles. The highest BCUT2D eigenvalue weighted by atomic mass is 32.2. The first-order chi connectivity index (χ1) is 17.3. The number of thioether (sulfide) groups is 1. The Morgan fingerprint density at radius 1 is 0.806 bits per heavy atom. The number of aryl methyl sites for hydroxylation is 2. The highest BCUT2D eigenvalue weighted by Gasteiger charge is 2.67. The lowest BCUT2D eigenvalue weighted by Gasteiger charge is -2.22. The molecule has 0 radical (unpaired) electrons. The second kappa shape index (κ2) is 12.8. The molecule has 2 saturated carbocycles. The van der Waals surface area contributed by atoms with E-state index in [0.29, 0.717) is 12.2 Å². The average Bonchev–Trinajstić information content (AvgIpc) is 3.40. The highest BCUT2D eigenvalue weighted by molar-refractivity contribution is 7.99. The monoisotopic (exact) mass is 524 g/mol. The van der Waals surface area contributed by atoms with Gasteiger partial charge in [-0.15, -0.1) is 11.8 Å². The fourth-order valence-corrected chi connectivity index (χ4v) is 5.82. The fraction of sp³-hybridized carbons (Fsp3) is 0.600. The number of hydrogen-bond donors (Lipinski definition) is 0. The fourth-order valence-electron chi connectivity index (χ4n) is 4.65. The van der Waals surface area contributed by atoms with E-state index >= 15 is 0 Å². The molecule has 0 aliphatic heterocycles. The van der Waals surface area contributed by atoms with Gasteiger partial charge in [-0.1, -0.05) is 6.07 Å². The number of ether oxygens (including phenoxy) is 6. The molecule has 0 amide bonds. The van der Waals surface area contributed by atoms with Gasteiger partial charge in [0.1, 0.15) is 0 Å². The van der Waals surface area contributed by atoms with Gasteiger partial charge in [0, 0.05) is 10.6 Å². The molecule has 36 heavy (non-hydrogen) atoms. The van der Waals surface area contributed by atoms with E-state index in [4.69, 9.17) is 18.9 Å². The molecule has 0 spiro atoms. The second-order valence-electron chi connectivity index (χ2n) is 8.66. The summed E-state index contributed by atoms with van der Waals surface area (Å²) in [5.41, 5.74) is 2.40. The zero-order valence-electron chi connectivity index (χ0n) is 20.9. The van der Waals surface area contributed by atoms with E-state index < -0.39 is 49.7 Å². The van der Waals surface area contributed by atoms with Crippen LogP contribution < -0.4 is 0 Å². The molecule has 0 aromatic heterocycles. The Morgan fingerprint density at radius 3 is 1.94 bits per heavy atom. The molecule has 10 nitrogen and oxygen atoms in total. The second-order valence-corrected chi connectivity index (χ2v) is 9.76. The van der Waals surface area contributed by atoms with Crippen LogP contribution >= 0.6 is 11.8 Å². The maximum absolute atomic E-state index is 13.0. The Kier molecular flexibility index (Phi) is 9.86. The van der Waals surface area contributed by atoms with Crippen molar-refractivity contribution in [2.24, 2.45) is 29.6 Å². The topological polar surface area (TPSA) is 124 Å². The lowest BCUT2D eigenvalue weighted by Crippen LogP contribution is -2.30. The van der Waals surface area contributed by atoms with Gasteiger partial charge >= 0.3 is 24.2 Å². The van der Waals surface area contributed by atoms with E-state index in [-0.39, 0.29) is 31.0 Å². The summed E-state index contributed by atoms with van der Waals surface area (Å²) >= 11 is 1.65. The van der Waals surface area contributed by atoms with Gasteiger partial charge < -0.3 is 28.4 Å². The molecular formula is C25H32O10S. The molecule has 3 rings (SSSR count). The van der Waals surface area contributed by atoms with Gasteiger partial charge in [0.2, 0.25) is 13.6 Å². The summed E-state index contributed by atoms with van der Waals surface area (Å²) in [6.07, 6.45) is -1.20. The van der Waals surface area contributed by atoms with E-state index in [1.54, 1.807) is 25.6 Å². The first kappa shape index (κ1) is 27.6. The van der Waals surface area contributed by atoms with Crippen molar-refractivity contribution >= 4 is 36.0 Å². The van der Waals surface area contributed by atoms with Crippen LogP contribution in [-0.2, 0) is 38.0 Å². The number of fused-ring (bicyclic) bond motifs is 1. The van der Waals surface area contributed by atoms with Crippen molar-refractivity contribution in [1.82, 2.24) is 0 Å². The molecule has 5 atom stereocenters. The Hall–Kier alpha value is -2.95. The Morgan fingerprint density at radius 2 is 1.39 bits per heavy atom. The van der Waals surface area contributed by atoms with E-state index in [1.807, 2.05) is 6.07 Å². The summed E-state index contributed by atoms with van der Waals surface area (Å²) in [4.78, 5) is 49.3. The third-order valence-corrected chi connectivity index (χ3v) is 7.68. The van der Waals surface area contributed by atoms with E-state index in [9.17, 15) is 19.2 Å². The van der Waals surface area contributed by atoms with Gasteiger partial charge in [-0.3, -0.25) is 9.59 Å². The van der Waals surface area contributed by atoms with Crippen LogP contribution in [0.4, 0.5) is 9.59 Å². The van der Waals surface area contributed by atoms with Crippen LogP contribution in [0.5, 0.6) is 0 Å². The molecule has 0 N–H and O–H groups in total. The molecule has 1 aromatic carbocycles. The smallest absolute Gasteiger partial charge is 0.435 e. The van der Waals surface area contributed by atoms with Crippen molar-refractivity contribution in [3.05, 3.63) is 29.3 Å². The first-order valence-electron chi connectivity index (χ1n) is 11.9. The summed E-state index contributed by atoms with van der Waals surface area (Å²) in [6.45, 7) is 6.53. The zero-order valence-corrected chi connectivity index (χ0v) is 21.7. The molecule has 2 fully saturated rings. The van der Waals surface area contributed by atoms with E-state index in [1.165, 1.54) is 11.1 Å². The number of benzene rings is 1. The third kappa shape index (κ3) is 7.05. The Balaban J connectivity index is 1.59. The number of hydrogen-bond acceptors (Lipinski definition) is 11. The number of carbonyl (C=O) groups is 4. The number of carbonyl (C=O) groups excluding carboxylic acids is 4. The van der Waals surface area contributed by atoms with Crippen LogP contribution in [0.2, 0.25) is 0 Å². The maximum atomic E-state index is 13.0. The molecule has 2 aliphatic rings. The molecule has 1 aromatic rings. The standard InChI is InChI=1S/C25H32O10S/c1-5-30-24(28)34-12-32-22(26)19-16(11-36-17-8-7-14(3)15(4)9-17)10-18-20(19)21(18)23(27)33-13-35-25(29)31-6-2/h7-9,16,18-21H,5-6,10-13H2,1-4H3/t16-,18+,19+,20+,21-/m0/s1. The van der Waals surface area contributed by atoms with Crippen LogP contribution in [-0.4, -0.2) is 56.8 Å². The van der Waals surface area contributed by atoms with Gasteiger partial charge in [0.05, 0.1) is 25.0 Å². The van der Waals surface area contributed by atoms with Crippen LogP contribution in [0.1, 0.15) is 31.4 Å². The predicted molar refractivity (Wildman–Crippen MR) is 127 cm³/mol. The van der Waals surface area contributed by atoms with Crippen LogP contribution in [0.15, 0.2) is 23.1 Å². The zero-order chi connectivity index (χ0) is 26.2.